The molecule has 0 aromatic carbocycles. The summed E-state index contributed by atoms with van der Waals surface area (Å²) < 4.78 is 12.9. The lowest BCUT2D eigenvalue weighted by molar-refractivity contribution is -0.128. The van der Waals surface area contributed by atoms with E-state index in [4.69, 9.17) is 47.8 Å². The monoisotopic (exact) mass is 640 g/mol. The van der Waals surface area contributed by atoms with Gasteiger partial charge in [0.2, 0.25) is 11.9 Å². The molecule has 1 spiro atoms. The molecule has 3 aliphatic heterocycles. The Morgan fingerprint density at radius 3 is 2.73 bits per heavy atom. The van der Waals surface area contributed by atoms with Crippen molar-refractivity contribution in [3.63, 3.8) is 0 Å². The number of likely N-dealkylation sites (tertiary alicyclic amines) is 2. The second-order valence-corrected chi connectivity index (χ2v) is 12.6. The van der Waals surface area contributed by atoms with Crippen molar-refractivity contribution >= 4 is 46.3 Å². The van der Waals surface area contributed by atoms with Crippen molar-refractivity contribution in [2.24, 2.45) is 15.4 Å². The molecule has 2 aromatic heterocycles. The molecular formula is C31H38Cl2N8O3. The number of guanidine groups is 1. The summed E-state index contributed by atoms with van der Waals surface area (Å²) in [6.07, 6.45) is 8.04. The van der Waals surface area contributed by atoms with Crippen LogP contribution in [0.4, 0.5) is 0 Å². The molecule has 2 fully saturated rings. The van der Waals surface area contributed by atoms with Crippen LogP contribution in [0.2, 0.25) is 0 Å². The van der Waals surface area contributed by atoms with Gasteiger partial charge >= 0.3 is 0 Å². The van der Waals surface area contributed by atoms with Crippen LogP contribution in [-0.4, -0.2) is 95.6 Å². The quantitative estimate of drug-likeness (QED) is 0.365. The van der Waals surface area contributed by atoms with Crippen molar-refractivity contribution in [1.29, 1.82) is 0 Å². The Morgan fingerprint density at radius 2 is 2.02 bits per heavy atom. The van der Waals surface area contributed by atoms with Crippen LogP contribution < -0.4 is 16.0 Å². The zero-order valence-electron chi connectivity index (χ0n) is 25.4. The van der Waals surface area contributed by atoms with E-state index >= 15 is 0 Å². The first kappa shape index (κ1) is 30.6. The Kier molecular flexibility index (Phi) is 8.72. The van der Waals surface area contributed by atoms with E-state index in [2.05, 4.69) is 21.8 Å². The van der Waals surface area contributed by atoms with Crippen LogP contribution in [0.15, 0.2) is 51.3 Å². The van der Waals surface area contributed by atoms with Crippen molar-refractivity contribution in [2.45, 2.75) is 44.0 Å². The maximum absolute atomic E-state index is 12.0. The Morgan fingerprint density at radius 1 is 1.25 bits per heavy atom. The second kappa shape index (κ2) is 12.5. The van der Waals surface area contributed by atoms with E-state index in [1.54, 1.807) is 31.9 Å². The Bertz CT molecular complexity index is 1700. The number of carbonyl (C=O) groups excluding carboxylic acids is 1. The molecule has 1 aliphatic carbocycles. The minimum atomic E-state index is -0.640. The molecule has 5 heterocycles. The third-order valence-electron chi connectivity index (χ3n) is 9.24. The molecule has 13 heteroatoms. The van der Waals surface area contributed by atoms with E-state index < -0.39 is 5.38 Å². The molecule has 234 valence electrons. The molecule has 1 amide bonds. The minimum Gasteiger partial charge on any atom is -0.499 e. The summed E-state index contributed by atoms with van der Waals surface area (Å²) in [7, 11) is 4.84. The summed E-state index contributed by atoms with van der Waals surface area (Å²) in [4.78, 5) is 30.5. The lowest BCUT2D eigenvalue weighted by atomic mass is 9.78. The van der Waals surface area contributed by atoms with Crippen LogP contribution in [0.25, 0.3) is 11.2 Å². The van der Waals surface area contributed by atoms with Crippen LogP contribution in [0.5, 0.6) is 0 Å². The summed E-state index contributed by atoms with van der Waals surface area (Å²) in [6.45, 7) is 8.90. The normalized spacial score (nSPS) is 23.8. The number of nitrogens with one attached hydrogen (secondary N) is 1. The molecular weight excluding hydrogens is 603 g/mol. The summed E-state index contributed by atoms with van der Waals surface area (Å²) in [6, 6.07) is 2.02. The number of aromatic nitrogens is 3. The van der Waals surface area contributed by atoms with Crippen molar-refractivity contribution in [3.05, 3.63) is 63.4 Å². The number of piperidine rings is 1. The second-order valence-electron chi connectivity index (χ2n) is 11.8. The number of aliphatic imine (C=N–C) groups is 1. The molecule has 44 heavy (non-hydrogen) atoms. The van der Waals surface area contributed by atoms with Crippen LogP contribution in [0.3, 0.4) is 0 Å². The van der Waals surface area contributed by atoms with Gasteiger partial charge in [0.15, 0.2) is 17.0 Å². The largest absolute Gasteiger partial charge is 0.499 e. The van der Waals surface area contributed by atoms with E-state index in [0.717, 1.165) is 68.6 Å². The summed E-state index contributed by atoms with van der Waals surface area (Å²) in [5, 5.41) is 8.68. The van der Waals surface area contributed by atoms with E-state index in [1.807, 2.05) is 11.0 Å². The molecule has 0 saturated carbocycles. The number of rotatable bonds is 7. The Labute approximate surface area is 266 Å². The van der Waals surface area contributed by atoms with Crippen LogP contribution in [-0.2, 0) is 27.2 Å². The molecule has 0 bridgehead atoms. The van der Waals surface area contributed by atoms with Crippen LogP contribution >= 0.6 is 23.2 Å². The van der Waals surface area contributed by atoms with Gasteiger partial charge in [0.25, 0.3) is 0 Å². The number of allylic oxidation sites excluding steroid dienone is 3. The third-order valence-corrected chi connectivity index (χ3v) is 10.1. The average molecular weight is 642 g/mol. The van der Waals surface area contributed by atoms with Gasteiger partial charge in [0.05, 0.1) is 19.3 Å². The first-order valence-electron chi connectivity index (χ1n) is 15.0. The average Bonchev–Trinajstić information content (AvgIpc) is 3.65. The van der Waals surface area contributed by atoms with Gasteiger partial charge in [-0.05, 0) is 56.3 Å². The van der Waals surface area contributed by atoms with Crippen molar-refractivity contribution in [2.75, 3.05) is 54.0 Å². The summed E-state index contributed by atoms with van der Waals surface area (Å²) in [5.41, 5.74) is 3.18. The molecule has 1 N–H and O–H groups in total. The number of amides is 1. The third kappa shape index (κ3) is 5.61. The van der Waals surface area contributed by atoms with Gasteiger partial charge in [0.1, 0.15) is 16.9 Å². The van der Waals surface area contributed by atoms with E-state index in [1.165, 1.54) is 12.5 Å². The highest BCUT2D eigenvalue weighted by atomic mass is 35.5. The van der Waals surface area contributed by atoms with Gasteiger partial charge in [-0.1, -0.05) is 18.2 Å². The van der Waals surface area contributed by atoms with E-state index in [-0.39, 0.29) is 5.91 Å². The number of alkyl halides is 1. The van der Waals surface area contributed by atoms with Crippen LogP contribution in [0.1, 0.15) is 37.1 Å². The van der Waals surface area contributed by atoms with Gasteiger partial charge in [-0.25, -0.2) is 4.98 Å². The molecule has 2 saturated heterocycles. The number of hydrogen-bond acceptors (Lipinski definition) is 7. The lowest BCUT2D eigenvalue weighted by Crippen LogP contribution is -2.43. The Balaban J connectivity index is 1.28. The fourth-order valence-electron chi connectivity index (χ4n) is 6.75. The molecule has 2 aromatic rings. The number of hydrogen-bond donors (Lipinski definition) is 1. The zero-order chi connectivity index (χ0) is 31.0. The zero-order valence-corrected chi connectivity index (χ0v) is 26.9. The molecule has 11 nitrogen and oxygen atoms in total. The molecule has 0 radical (unpaired) electrons. The highest BCUT2D eigenvalue weighted by molar-refractivity contribution is 6.41. The maximum Gasteiger partial charge on any atom is 0.245 e. The van der Waals surface area contributed by atoms with E-state index in [0.29, 0.717) is 57.6 Å². The minimum absolute atomic E-state index is 0.0397. The summed E-state index contributed by atoms with van der Waals surface area (Å²) in [5.74, 6) is 2.30. The number of aryl methyl sites for hydroxylation is 1. The Hall–Kier alpha value is -3.41. The van der Waals surface area contributed by atoms with Crippen molar-refractivity contribution in [1.82, 2.24) is 29.7 Å². The number of fused-ring (bicyclic) bond motifs is 3. The topological polar surface area (TPSA) is 109 Å². The van der Waals surface area contributed by atoms with Gasteiger partial charge < -0.3 is 24.6 Å². The highest BCUT2D eigenvalue weighted by Crippen LogP contribution is 2.40. The lowest BCUT2D eigenvalue weighted by Gasteiger charge is -2.39. The number of halogens is 2. The molecule has 1 unspecified atom stereocenters. The van der Waals surface area contributed by atoms with Crippen LogP contribution in [0, 0.1) is 5.41 Å². The molecule has 1 atom stereocenters. The van der Waals surface area contributed by atoms with Crippen molar-refractivity contribution < 1.29 is 14.3 Å². The number of ether oxygens (including phenoxy) is 2. The fourth-order valence-corrected chi connectivity index (χ4v) is 7.53. The number of pyridine rings is 1. The predicted octanol–water partition coefficient (Wildman–Crippen LogP) is 2.27. The standard InChI is InChI=1S/C31H38Cl2N8O3/c1-5-24(42)40-13-9-31(10-14-40)8-12-39(18-31)11-6-7-23-36-29-20(25-26(32)21(43-3)16-22(44-4)27(25)33)15-19-17-35-30(34-2)37-28(19)41(29)38-23/h5,15-16,26H,1,6-14,17-18H2,2-4H3,(H,34,35). The van der Waals surface area contributed by atoms with Gasteiger partial charge in [0, 0.05) is 62.1 Å². The maximum atomic E-state index is 12.0. The summed E-state index contributed by atoms with van der Waals surface area (Å²) >= 11 is 13.8. The predicted molar refractivity (Wildman–Crippen MR) is 170 cm³/mol. The smallest absolute Gasteiger partial charge is 0.245 e. The SMILES string of the molecule is C=CC(=O)N1CCC2(CCN(CCCc3nc4c(=C5C(Cl)=C(OC)C=C(OC)C5Cl)cc5c(n4n3)=NC(=NC)NC5)C2)CC1. The first-order valence-corrected chi connectivity index (χ1v) is 15.8. The van der Waals surface area contributed by atoms with Gasteiger partial charge in [-0.2, -0.15) is 9.51 Å². The van der Waals surface area contributed by atoms with Gasteiger partial charge in [-0.15, -0.1) is 16.7 Å². The number of carbonyl (C=O) groups is 1. The van der Waals surface area contributed by atoms with Gasteiger partial charge in [-0.3, -0.25) is 9.79 Å². The van der Waals surface area contributed by atoms with Crippen molar-refractivity contribution in [3.8, 4) is 0 Å². The number of nitrogens with zero attached hydrogens (tertiary/aromatic N) is 7. The number of methoxy groups -OCH3 is 2. The first-order chi connectivity index (χ1) is 21.3. The van der Waals surface area contributed by atoms with E-state index in [9.17, 15) is 4.79 Å². The molecule has 6 rings (SSSR count). The fraction of sp³-hybridized carbons (Fsp3) is 0.516. The molecule has 4 aliphatic rings. The highest BCUT2D eigenvalue weighted by Gasteiger charge is 2.40.